The summed E-state index contributed by atoms with van der Waals surface area (Å²) in [5.74, 6) is 1.19. The quantitative estimate of drug-likeness (QED) is 0.552. The van der Waals surface area contributed by atoms with Gasteiger partial charge in [0.15, 0.2) is 0 Å². The predicted octanol–water partition coefficient (Wildman–Crippen LogP) is 0.366. The van der Waals surface area contributed by atoms with Gasteiger partial charge in [-0.15, -0.1) is 10.2 Å². The Bertz CT molecular complexity index is 1050. The van der Waals surface area contributed by atoms with E-state index in [2.05, 4.69) is 36.0 Å². The molecule has 0 aliphatic carbocycles. The number of amides is 1. The first-order chi connectivity index (χ1) is 15.1. The lowest BCUT2D eigenvalue weighted by atomic mass is 10.2. The average Bonchev–Trinajstić information content (AvgIpc) is 3.26. The van der Waals surface area contributed by atoms with Crippen LogP contribution in [0.2, 0.25) is 0 Å². The van der Waals surface area contributed by atoms with Crippen molar-refractivity contribution in [2.75, 3.05) is 26.8 Å². The number of hydrogen-bond acceptors (Lipinski definition) is 9. The number of nitrogens with zero attached hydrogens (tertiary/aromatic N) is 6. The van der Waals surface area contributed by atoms with E-state index < -0.39 is 0 Å². The van der Waals surface area contributed by atoms with Gasteiger partial charge >= 0.3 is 0 Å². The Hall–Kier alpha value is -3.44. The third kappa shape index (κ3) is 5.38. The SMILES string of the molecule is COc1cccc(CNC(=O)c2cc(-c3nnn(C[C@H]4CNCCO4)n3)nc(C)n2)c1. The minimum Gasteiger partial charge on any atom is -0.497 e. The van der Waals surface area contributed by atoms with Gasteiger partial charge in [0.1, 0.15) is 23.0 Å². The molecule has 1 amide bonds. The summed E-state index contributed by atoms with van der Waals surface area (Å²) < 4.78 is 10.9. The van der Waals surface area contributed by atoms with Crippen LogP contribution in [0.15, 0.2) is 30.3 Å². The number of hydrogen-bond donors (Lipinski definition) is 2. The van der Waals surface area contributed by atoms with E-state index in [0.717, 1.165) is 24.4 Å². The lowest BCUT2D eigenvalue weighted by Crippen LogP contribution is -2.41. The smallest absolute Gasteiger partial charge is 0.270 e. The van der Waals surface area contributed by atoms with E-state index in [-0.39, 0.29) is 17.7 Å². The average molecular weight is 424 g/mol. The van der Waals surface area contributed by atoms with Crippen LogP contribution in [0.1, 0.15) is 21.9 Å². The molecule has 0 spiro atoms. The molecule has 1 aliphatic heterocycles. The van der Waals surface area contributed by atoms with Crippen molar-refractivity contribution in [2.45, 2.75) is 26.1 Å². The molecule has 11 heteroatoms. The first-order valence-electron chi connectivity index (χ1n) is 9.98. The van der Waals surface area contributed by atoms with Crippen LogP contribution >= 0.6 is 0 Å². The largest absolute Gasteiger partial charge is 0.497 e. The molecule has 1 atom stereocenters. The van der Waals surface area contributed by atoms with Gasteiger partial charge in [0.2, 0.25) is 5.82 Å². The number of ether oxygens (including phenoxy) is 2. The molecule has 2 aromatic heterocycles. The number of rotatable bonds is 7. The Morgan fingerprint density at radius 3 is 3.06 bits per heavy atom. The molecule has 162 valence electrons. The third-order valence-electron chi connectivity index (χ3n) is 4.71. The Kier molecular flexibility index (Phi) is 6.43. The van der Waals surface area contributed by atoms with E-state index >= 15 is 0 Å². The van der Waals surface area contributed by atoms with Crippen molar-refractivity contribution in [1.82, 2.24) is 40.8 Å². The van der Waals surface area contributed by atoms with E-state index in [0.29, 0.717) is 37.0 Å². The molecule has 11 nitrogen and oxygen atoms in total. The zero-order chi connectivity index (χ0) is 21.6. The van der Waals surface area contributed by atoms with Gasteiger partial charge in [0, 0.05) is 19.6 Å². The minimum atomic E-state index is -0.316. The second-order valence-electron chi connectivity index (χ2n) is 7.08. The van der Waals surface area contributed by atoms with Gasteiger partial charge in [-0.25, -0.2) is 9.97 Å². The van der Waals surface area contributed by atoms with E-state index in [9.17, 15) is 4.79 Å². The number of tetrazole rings is 1. The summed E-state index contributed by atoms with van der Waals surface area (Å²) in [5.41, 5.74) is 1.59. The summed E-state index contributed by atoms with van der Waals surface area (Å²) in [4.78, 5) is 22.7. The zero-order valence-electron chi connectivity index (χ0n) is 17.4. The Morgan fingerprint density at radius 1 is 1.35 bits per heavy atom. The highest BCUT2D eigenvalue weighted by Gasteiger charge is 2.18. The molecule has 1 saturated heterocycles. The lowest BCUT2D eigenvalue weighted by Gasteiger charge is -2.22. The molecule has 0 bridgehead atoms. The first kappa shape index (κ1) is 20.8. The van der Waals surface area contributed by atoms with Gasteiger partial charge in [-0.2, -0.15) is 4.80 Å². The number of aromatic nitrogens is 6. The number of morpholine rings is 1. The second kappa shape index (κ2) is 9.58. The number of carbonyl (C=O) groups excluding carboxylic acids is 1. The molecule has 31 heavy (non-hydrogen) atoms. The topological polar surface area (TPSA) is 129 Å². The summed E-state index contributed by atoms with van der Waals surface area (Å²) >= 11 is 0. The van der Waals surface area contributed by atoms with Crippen molar-refractivity contribution in [3.63, 3.8) is 0 Å². The van der Waals surface area contributed by atoms with Gasteiger partial charge in [0.05, 0.1) is 26.4 Å². The predicted molar refractivity (Wildman–Crippen MR) is 110 cm³/mol. The van der Waals surface area contributed by atoms with Gasteiger partial charge in [-0.05, 0) is 35.9 Å². The number of aryl methyl sites for hydroxylation is 1. The highest BCUT2D eigenvalue weighted by molar-refractivity contribution is 5.93. The van der Waals surface area contributed by atoms with Crippen LogP contribution in [0.3, 0.4) is 0 Å². The summed E-state index contributed by atoms with van der Waals surface area (Å²) in [5, 5.41) is 18.7. The van der Waals surface area contributed by atoms with Crippen molar-refractivity contribution >= 4 is 5.91 Å². The van der Waals surface area contributed by atoms with Crippen LogP contribution in [0.25, 0.3) is 11.5 Å². The summed E-state index contributed by atoms with van der Waals surface area (Å²) in [6, 6.07) is 9.06. The third-order valence-corrected chi connectivity index (χ3v) is 4.71. The summed E-state index contributed by atoms with van der Waals surface area (Å²) in [6.45, 7) is 4.78. The monoisotopic (exact) mass is 424 g/mol. The molecule has 1 aliphatic rings. The number of benzene rings is 1. The number of carbonyl (C=O) groups is 1. The Balaban J connectivity index is 1.44. The highest BCUT2D eigenvalue weighted by Crippen LogP contribution is 2.14. The van der Waals surface area contributed by atoms with Crippen LogP contribution in [0.5, 0.6) is 5.75 Å². The zero-order valence-corrected chi connectivity index (χ0v) is 17.4. The van der Waals surface area contributed by atoms with E-state index in [4.69, 9.17) is 9.47 Å². The Morgan fingerprint density at radius 2 is 2.26 bits per heavy atom. The van der Waals surface area contributed by atoms with Crippen LogP contribution < -0.4 is 15.4 Å². The van der Waals surface area contributed by atoms with Gasteiger partial charge in [-0.3, -0.25) is 4.79 Å². The molecule has 4 rings (SSSR count). The fourth-order valence-electron chi connectivity index (χ4n) is 3.20. The molecule has 1 fully saturated rings. The molecule has 2 N–H and O–H groups in total. The van der Waals surface area contributed by atoms with Crippen LogP contribution in [-0.2, 0) is 17.8 Å². The molecule has 0 radical (unpaired) electrons. The fourth-order valence-corrected chi connectivity index (χ4v) is 3.20. The van der Waals surface area contributed by atoms with Crippen molar-refractivity contribution < 1.29 is 14.3 Å². The molecule has 3 aromatic rings. The van der Waals surface area contributed by atoms with Crippen LogP contribution in [0.4, 0.5) is 0 Å². The highest BCUT2D eigenvalue weighted by atomic mass is 16.5. The van der Waals surface area contributed by atoms with Crippen LogP contribution in [0, 0.1) is 6.92 Å². The molecule has 3 heterocycles. The van der Waals surface area contributed by atoms with E-state index in [1.165, 1.54) is 4.80 Å². The van der Waals surface area contributed by atoms with Crippen molar-refractivity contribution in [2.24, 2.45) is 0 Å². The van der Waals surface area contributed by atoms with Crippen molar-refractivity contribution in [1.29, 1.82) is 0 Å². The molecular weight excluding hydrogens is 400 g/mol. The lowest BCUT2D eigenvalue weighted by molar-refractivity contribution is 0.0133. The first-order valence-corrected chi connectivity index (χ1v) is 9.98. The maximum absolute atomic E-state index is 12.7. The summed E-state index contributed by atoms with van der Waals surface area (Å²) in [6.07, 6.45) is -0.0131. The standard InChI is InChI=1S/C20H24N8O3/c1-13-23-17(19-25-27-28(26-19)12-16-11-21-6-7-31-16)9-18(24-13)20(29)22-10-14-4-3-5-15(8-14)30-2/h3-5,8-9,16,21H,6-7,10-12H2,1-2H3,(H,22,29)/t16-/m1/s1. The van der Waals surface area contributed by atoms with Crippen LogP contribution in [-0.4, -0.2) is 69.0 Å². The maximum atomic E-state index is 12.7. The molecule has 1 aromatic carbocycles. The molecule has 0 saturated carbocycles. The summed E-state index contributed by atoms with van der Waals surface area (Å²) in [7, 11) is 1.60. The van der Waals surface area contributed by atoms with E-state index in [1.54, 1.807) is 20.1 Å². The molecule has 0 unspecified atom stereocenters. The fraction of sp³-hybridized carbons (Fsp3) is 0.400. The Labute approximate surface area is 179 Å². The second-order valence-corrected chi connectivity index (χ2v) is 7.08. The van der Waals surface area contributed by atoms with E-state index in [1.807, 2.05) is 24.3 Å². The van der Waals surface area contributed by atoms with Gasteiger partial charge in [0.25, 0.3) is 5.91 Å². The van der Waals surface area contributed by atoms with Gasteiger partial charge < -0.3 is 20.1 Å². The molecular formula is C20H24N8O3. The number of methoxy groups -OCH3 is 1. The van der Waals surface area contributed by atoms with Crippen molar-refractivity contribution in [3.8, 4) is 17.3 Å². The maximum Gasteiger partial charge on any atom is 0.270 e. The number of nitrogens with one attached hydrogen (secondary N) is 2. The minimum absolute atomic E-state index is 0.0131. The normalized spacial score (nSPS) is 16.1. The van der Waals surface area contributed by atoms with Gasteiger partial charge in [-0.1, -0.05) is 12.1 Å². The van der Waals surface area contributed by atoms with Crippen molar-refractivity contribution in [3.05, 3.63) is 47.4 Å².